The molecule has 0 radical (unpaired) electrons. The van der Waals surface area contributed by atoms with Gasteiger partial charge in [0.25, 0.3) is 0 Å². The van der Waals surface area contributed by atoms with Gasteiger partial charge in [0, 0.05) is 31.3 Å². The Bertz CT molecular complexity index is 1160. The number of carbonyl (C=O) groups is 2. The predicted octanol–water partition coefficient (Wildman–Crippen LogP) is 4.45. The molecule has 0 bridgehead atoms. The standard InChI is InChI=1S/C25H23N3O4/c29-23-9-8-21-22(10-12-26-24(21)27-23)32-20-7-6-18-11-13-28(15-19(18)14-20)25(30)31-16-17-4-2-1-3-5-17/h1-7,10,12,14H,8-9,11,13,15-16H2,(H,26,27,29). The minimum atomic E-state index is -0.315. The maximum atomic E-state index is 12.6. The lowest BCUT2D eigenvalue weighted by molar-refractivity contribution is -0.116. The Morgan fingerprint density at radius 2 is 1.91 bits per heavy atom. The van der Waals surface area contributed by atoms with Crippen LogP contribution >= 0.6 is 0 Å². The van der Waals surface area contributed by atoms with Crippen molar-refractivity contribution in [2.24, 2.45) is 0 Å². The number of amides is 2. The van der Waals surface area contributed by atoms with Crippen LogP contribution in [0.2, 0.25) is 0 Å². The Hall–Kier alpha value is -3.87. The van der Waals surface area contributed by atoms with Crippen LogP contribution in [0.5, 0.6) is 11.5 Å². The van der Waals surface area contributed by atoms with Crippen LogP contribution in [0.1, 0.15) is 28.7 Å². The SMILES string of the molecule is O=C1CCc2c(Oc3ccc4c(c3)CN(C(=O)OCc3ccccc3)CC4)ccnc2N1. The van der Waals surface area contributed by atoms with Gasteiger partial charge in [-0.2, -0.15) is 0 Å². The van der Waals surface area contributed by atoms with Crippen molar-refractivity contribution in [3.8, 4) is 11.5 Å². The third kappa shape index (κ3) is 4.27. The highest BCUT2D eigenvalue weighted by Gasteiger charge is 2.23. The Balaban J connectivity index is 1.28. The summed E-state index contributed by atoms with van der Waals surface area (Å²) < 4.78 is 11.6. The molecule has 1 N–H and O–H groups in total. The van der Waals surface area contributed by atoms with E-state index in [-0.39, 0.29) is 18.6 Å². The number of rotatable bonds is 4. The van der Waals surface area contributed by atoms with E-state index in [1.54, 1.807) is 11.1 Å². The van der Waals surface area contributed by atoms with Crippen LogP contribution in [0.15, 0.2) is 60.8 Å². The molecule has 2 amide bonds. The fourth-order valence-electron chi connectivity index (χ4n) is 4.04. The number of nitrogens with one attached hydrogen (secondary N) is 1. The molecule has 3 heterocycles. The molecule has 3 aromatic rings. The Morgan fingerprint density at radius 1 is 1.03 bits per heavy atom. The van der Waals surface area contributed by atoms with Gasteiger partial charge in [-0.15, -0.1) is 0 Å². The summed E-state index contributed by atoms with van der Waals surface area (Å²) in [5.74, 6) is 1.90. The zero-order valence-corrected chi connectivity index (χ0v) is 17.5. The van der Waals surface area contributed by atoms with Crippen LogP contribution in [0, 0.1) is 0 Å². The van der Waals surface area contributed by atoms with Crippen molar-refractivity contribution in [3.05, 3.63) is 83.0 Å². The van der Waals surface area contributed by atoms with E-state index in [2.05, 4.69) is 10.3 Å². The number of nitrogens with zero attached hydrogens (tertiary/aromatic N) is 2. The van der Waals surface area contributed by atoms with E-state index in [0.29, 0.717) is 43.2 Å². The van der Waals surface area contributed by atoms with Crippen molar-refractivity contribution in [3.63, 3.8) is 0 Å². The van der Waals surface area contributed by atoms with E-state index in [1.807, 2.05) is 54.6 Å². The minimum absolute atomic E-state index is 0.0322. The van der Waals surface area contributed by atoms with Crippen molar-refractivity contribution >= 4 is 17.8 Å². The first kappa shape index (κ1) is 20.1. The average molecular weight is 429 g/mol. The van der Waals surface area contributed by atoms with Crippen molar-refractivity contribution in [2.75, 3.05) is 11.9 Å². The summed E-state index contributed by atoms with van der Waals surface area (Å²) in [5, 5.41) is 2.79. The third-order valence-electron chi connectivity index (χ3n) is 5.75. The molecule has 0 unspecified atom stereocenters. The molecule has 0 fully saturated rings. The Morgan fingerprint density at radius 3 is 2.78 bits per heavy atom. The van der Waals surface area contributed by atoms with Gasteiger partial charge < -0.3 is 19.7 Å². The molecule has 1 aromatic heterocycles. The molecule has 0 spiro atoms. The number of anilines is 1. The van der Waals surface area contributed by atoms with Crippen LogP contribution < -0.4 is 10.1 Å². The molecule has 0 saturated heterocycles. The summed E-state index contributed by atoms with van der Waals surface area (Å²) in [5.41, 5.74) is 4.11. The second-order valence-electron chi connectivity index (χ2n) is 7.93. The lowest BCUT2D eigenvalue weighted by Crippen LogP contribution is -2.36. The maximum absolute atomic E-state index is 12.6. The second-order valence-corrected chi connectivity index (χ2v) is 7.93. The molecule has 0 saturated carbocycles. The number of hydrogen-bond acceptors (Lipinski definition) is 5. The highest BCUT2D eigenvalue weighted by molar-refractivity contribution is 5.93. The zero-order chi connectivity index (χ0) is 21.9. The van der Waals surface area contributed by atoms with E-state index >= 15 is 0 Å². The van der Waals surface area contributed by atoms with Crippen molar-refractivity contribution < 1.29 is 19.1 Å². The van der Waals surface area contributed by atoms with Crippen LogP contribution in [0.25, 0.3) is 0 Å². The summed E-state index contributed by atoms with van der Waals surface area (Å²) in [6.45, 7) is 1.36. The molecule has 2 aliphatic rings. The van der Waals surface area contributed by atoms with Gasteiger partial charge in [0.15, 0.2) is 0 Å². The Kier molecular flexibility index (Phi) is 5.46. The lowest BCUT2D eigenvalue weighted by Gasteiger charge is -2.28. The predicted molar refractivity (Wildman–Crippen MR) is 118 cm³/mol. The largest absolute Gasteiger partial charge is 0.457 e. The van der Waals surface area contributed by atoms with Gasteiger partial charge >= 0.3 is 6.09 Å². The molecule has 5 rings (SSSR count). The highest BCUT2D eigenvalue weighted by atomic mass is 16.6. The van der Waals surface area contributed by atoms with Gasteiger partial charge in [-0.05, 0) is 47.7 Å². The summed E-state index contributed by atoms with van der Waals surface area (Å²) in [6, 6.07) is 17.4. The van der Waals surface area contributed by atoms with Gasteiger partial charge in [0.05, 0.1) is 0 Å². The molecular weight excluding hydrogens is 406 g/mol. The Labute approximate surface area is 186 Å². The summed E-state index contributed by atoms with van der Waals surface area (Å²) in [7, 11) is 0. The normalized spacial score (nSPS) is 14.8. The minimum Gasteiger partial charge on any atom is -0.457 e. The summed E-state index contributed by atoms with van der Waals surface area (Å²) >= 11 is 0. The van der Waals surface area contributed by atoms with Gasteiger partial charge in [0.1, 0.15) is 23.9 Å². The van der Waals surface area contributed by atoms with Crippen molar-refractivity contribution in [2.45, 2.75) is 32.4 Å². The zero-order valence-electron chi connectivity index (χ0n) is 17.5. The molecule has 32 heavy (non-hydrogen) atoms. The fraction of sp³-hybridized carbons (Fsp3) is 0.240. The molecule has 0 aliphatic carbocycles. The number of benzene rings is 2. The first-order valence-corrected chi connectivity index (χ1v) is 10.7. The molecule has 2 aliphatic heterocycles. The molecule has 0 atom stereocenters. The van der Waals surface area contributed by atoms with Gasteiger partial charge in [-0.3, -0.25) is 4.79 Å². The van der Waals surface area contributed by atoms with Crippen LogP contribution in [-0.2, 0) is 35.5 Å². The topological polar surface area (TPSA) is 80.8 Å². The number of carbonyl (C=O) groups excluding carboxylic acids is 2. The van der Waals surface area contributed by atoms with Crippen LogP contribution in [0.4, 0.5) is 10.6 Å². The fourth-order valence-corrected chi connectivity index (χ4v) is 4.04. The molecular formula is C25H23N3O4. The van der Waals surface area contributed by atoms with Crippen LogP contribution in [0.3, 0.4) is 0 Å². The summed E-state index contributed by atoms with van der Waals surface area (Å²) in [4.78, 5) is 30.2. The van der Waals surface area contributed by atoms with Crippen molar-refractivity contribution in [1.82, 2.24) is 9.88 Å². The van der Waals surface area contributed by atoms with Gasteiger partial charge in [-0.25, -0.2) is 9.78 Å². The van der Waals surface area contributed by atoms with E-state index < -0.39 is 0 Å². The first-order valence-electron chi connectivity index (χ1n) is 10.7. The average Bonchev–Trinajstić information content (AvgIpc) is 2.82. The quantitative estimate of drug-likeness (QED) is 0.663. The van der Waals surface area contributed by atoms with Crippen LogP contribution in [-0.4, -0.2) is 28.4 Å². The van der Waals surface area contributed by atoms with E-state index in [9.17, 15) is 9.59 Å². The molecule has 7 heteroatoms. The van der Waals surface area contributed by atoms with E-state index in [1.165, 1.54) is 5.56 Å². The number of hydrogen-bond donors (Lipinski definition) is 1. The van der Waals surface area contributed by atoms with Crippen molar-refractivity contribution in [1.29, 1.82) is 0 Å². The second kappa shape index (κ2) is 8.70. The van der Waals surface area contributed by atoms with Gasteiger partial charge in [-0.1, -0.05) is 36.4 Å². The summed E-state index contributed by atoms with van der Waals surface area (Å²) in [6.07, 6.45) is 3.09. The number of ether oxygens (including phenoxy) is 2. The maximum Gasteiger partial charge on any atom is 0.410 e. The number of pyridine rings is 1. The van der Waals surface area contributed by atoms with E-state index in [4.69, 9.17) is 9.47 Å². The third-order valence-corrected chi connectivity index (χ3v) is 5.75. The number of fused-ring (bicyclic) bond motifs is 2. The molecule has 7 nitrogen and oxygen atoms in total. The number of aromatic nitrogens is 1. The lowest BCUT2D eigenvalue weighted by atomic mass is 10.00. The smallest absolute Gasteiger partial charge is 0.410 e. The first-order chi connectivity index (χ1) is 15.7. The van der Waals surface area contributed by atoms with Gasteiger partial charge in [0.2, 0.25) is 5.91 Å². The van der Waals surface area contributed by atoms with E-state index in [0.717, 1.165) is 23.1 Å². The molecule has 162 valence electrons. The highest BCUT2D eigenvalue weighted by Crippen LogP contribution is 2.34. The molecule has 2 aromatic carbocycles. The monoisotopic (exact) mass is 429 g/mol.